The second-order valence-corrected chi connectivity index (χ2v) is 7.36. The molecular formula is C20H29N5O8. The van der Waals surface area contributed by atoms with Gasteiger partial charge in [-0.05, 0) is 31.0 Å². The van der Waals surface area contributed by atoms with Crippen molar-refractivity contribution in [2.75, 3.05) is 6.61 Å². The SMILES string of the molecule is CC(NC(=O)C(CCC(N)=O)NC(=O)C(N)CO)C(=O)NC(Cc1ccc(O)cc1)C(=O)O. The summed E-state index contributed by atoms with van der Waals surface area (Å²) in [7, 11) is 0. The summed E-state index contributed by atoms with van der Waals surface area (Å²) in [5.74, 6) is -4.51. The number of carboxylic acid groups (broad SMARTS) is 1. The molecule has 1 rings (SSSR count). The molecule has 4 unspecified atom stereocenters. The quantitative estimate of drug-likeness (QED) is 0.148. The average Bonchev–Trinajstić information content (AvgIpc) is 2.76. The van der Waals surface area contributed by atoms with E-state index in [4.69, 9.17) is 16.6 Å². The lowest BCUT2D eigenvalue weighted by molar-refractivity contribution is -0.142. The minimum Gasteiger partial charge on any atom is -0.508 e. The van der Waals surface area contributed by atoms with Gasteiger partial charge >= 0.3 is 5.97 Å². The van der Waals surface area contributed by atoms with Crippen LogP contribution in [-0.2, 0) is 30.4 Å². The molecule has 0 saturated heterocycles. The van der Waals surface area contributed by atoms with Gasteiger partial charge in [-0.15, -0.1) is 0 Å². The molecule has 0 radical (unpaired) electrons. The number of aliphatic hydroxyl groups excluding tert-OH is 1. The number of primary amides is 1. The second-order valence-electron chi connectivity index (χ2n) is 7.36. The Morgan fingerprint density at radius 1 is 0.939 bits per heavy atom. The predicted octanol–water partition coefficient (Wildman–Crippen LogP) is -2.92. The van der Waals surface area contributed by atoms with Crippen LogP contribution in [0.4, 0.5) is 0 Å². The molecule has 4 amide bonds. The lowest BCUT2D eigenvalue weighted by atomic mass is 10.1. The van der Waals surface area contributed by atoms with Crippen molar-refractivity contribution in [1.82, 2.24) is 16.0 Å². The Balaban J connectivity index is 2.80. The van der Waals surface area contributed by atoms with Gasteiger partial charge in [0, 0.05) is 12.8 Å². The van der Waals surface area contributed by atoms with E-state index >= 15 is 0 Å². The van der Waals surface area contributed by atoms with E-state index in [1.807, 2.05) is 0 Å². The van der Waals surface area contributed by atoms with Crippen LogP contribution >= 0.6 is 0 Å². The average molecular weight is 467 g/mol. The van der Waals surface area contributed by atoms with E-state index in [0.717, 1.165) is 0 Å². The van der Waals surface area contributed by atoms with Crippen LogP contribution in [0.1, 0.15) is 25.3 Å². The van der Waals surface area contributed by atoms with Crippen molar-refractivity contribution in [3.63, 3.8) is 0 Å². The summed E-state index contributed by atoms with van der Waals surface area (Å²) < 4.78 is 0. The molecule has 0 saturated carbocycles. The van der Waals surface area contributed by atoms with Gasteiger partial charge in [-0.1, -0.05) is 12.1 Å². The Hall–Kier alpha value is -3.71. The standard InChI is InChI=1S/C20H29N5O8/c1-10(17(29)25-15(20(32)33)8-11-2-4-12(27)5-3-11)23-19(31)14(6-7-16(22)28)24-18(30)13(21)9-26/h2-5,10,13-15,26-27H,6-9,21H2,1H3,(H2,22,28)(H,23,31)(H,24,30)(H,25,29)(H,32,33). The van der Waals surface area contributed by atoms with Gasteiger partial charge in [-0.3, -0.25) is 19.2 Å². The maximum Gasteiger partial charge on any atom is 0.326 e. The highest BCUT2D eigenvalue weighted by molar-refractivity contribution is 5.94. The number of aliphatic carboxylic acids is 1. The number of nitrogens with two attached hydrogens (primary N) is 2. The van der Waals surface area contributed by atoms with Crippen molar-refractivity contribution in [2.24, 2.45) is 11.5 Å². The first-order chi connectivity index (χ1) is 15.4. The second kappa shape index (κ2) is 13.0. The number of nitrogens with one attached hydrogen (secondary N) is 3. The van der Waals surface area contributed by atoms with Gasteiger partial charge in [0.25, 0.3) is 0 Å². The van der Waals surface area contributed by atoms with Crippen LogP contribution in [0, 0.1) is 0 Å². The van der Waals surface area contributed by atoms with E-state index in [2.05, 4.69) is 16.0 Å². The minimum atomic E-state index is -1.31. The third kappa shape index (κ3) is 9.53. The van der Waals surface area contributed by atoms with E-state index in [0.29, 0.717) is 5.56 Å². The number of rotatable bonds is 13. The zero-order valence-corrected chi connectivity index (χ0v) is 18.0. The van der Waals surface area contributed by atoms with Gasteiger partial charge in [-0.25, -0.2) is 4.79 Å². The molecule has 0 heterocycles. The molecule has 0 fully saturated rings. The number of hydrogen-bond donors (Lipinski definition) is 8. The number of benzene rings is 1. The molecule has 182 valence electrons. The van der Waals surface area contributed by atoms with E-state index in [9.17, 15) is 34.2 Å². The largest absolute Gasteiger partial charge is 0.508 e. The van der Waals surface area contributed by atoms with E-state index in [1.54, 1.807) is 0 Å². The Morgan fingerprint density at radius 2 is 1.52 bits per heavy atom. The molecule has 1 aromatic rings. The monoisotopic (exact) mass is 467 g/mol. The van der Waals surface area contributed by atoms with Gasteiger partial charge in [0.2, 0.25) is 23.6 Å². The molecule has 0 bridgehead atoms. The Bertz CT molecular complexity index is 861. The van der Waals surface area contributed by atoms with Crippen LogP contribution in [-0.4, -0.2) is 75.7 Å². The van der Waals surface area contributed by atoms with Gasteiger partial charge in [0.15, 0.2) is 0 Å². The molecule has 13 heteroatoms. The number of hydrogen-bond acceptors (Lipinski definition) is 8. The van der Waals surface area contributed by atoms with Gasteiger partial charge in [0.05, 0.1) is 6.61 Å². The Morgan fingerprint density at radius 3 is 2.03 bits per heavy atom. The Kier molecular flexibility index (Phi) is 10.7. The summed E-state index contributed by atoms with van der Waals surface area (Å²) in [6.45, 7) is 0.630. The number of aliphatic hydroxyl groups is 1. The lowest BCUT2D eigenvalue weighted by Gasteiger charge is -2.23. The number of carbonyl (C=O) groups is 5. The molecule has 4 atom stereocenters. The maximum absolute atomic E-state index is 12.6. The van der Waals surface area contributed by atoms with Crippen LogP contribution in [0.3, 0.4) is 0 Å². The van der Waals surface area contributed by atoms with Crippen LogP contribution in [0.25, 0.3) is 0 Å². The summed E-state index contributed by atoms with van der Waals surface area (Å²) in [5, 5.41) is 34.6. The molecule has 0 aliphatic heterocycles. The number of carboxylic acids is 1. The summed E-state index contributed by atoms with van der Waals surface area (Å²) >= 11 is 0. The van der Waals surface area contributed by atoms with Crippen LogP contribution in [0.5, 0.6) is 5.75 Å². The smallest absolute Gasteiger partial charge is 0.326 e. The minimum absolute atomic E-state index is 0.00363. The number of aromatic hydroxyl groups is 1. The van der Waals surface area contributed by atoms with Crippen molar-refractivity contribution in [3.8, 4) is 5.75 Å². The van der Waals surface area contributed by atoms with Gasteiger partial charge in [-0.2, -0.15) is 0 Å². The lowest BCUT2D eigenvalue weighted by Crippen LogP contribution is -2.57. The van der Waals surface area contributed by atoms with E-state index < -0.39 is 60.4 Å². The zero-order chi connectivity index (χ0) is 25.1. The van der Waals surface area contributed by atoms with Crippen molar-refractivity contribution < 1.29 is 39.3 Å². The van der Waals surface area contributed by atoms with Crippen molar-refractivity contribution >= 4 is 29.6 Å². The summed E-state index contributed by atoms with van der Waals surface area (Å²) in [4.78, 5) is 59.5. The highest BCUT2D eigenvalue weighted by Gasteiger charge is 2.28. The molecule has 0 spiro atoms. The highest BCUT2D eigenvalue weighted by atomic mass is 16.4. The number of phenols is 1. The van der Waals surface area contributed by atoms with Crippen LogP contribution in [0.15, 0.2) is 24.3 Å². The number of phenolic OH excluding ortho intramolecular Hbond substituents is 1. The third-order valence-electron chi connectivity index (χ3n) is 4.59. The number of amides is 4. The molecule has 10 N–H and O–H groups in total. The van der Waals surface area contributed by atoms with Crippen LogP contribution < -0.4 is 27.4 Å². The van der Waals surface area contributed by atoms with Gasteiger partial charge in [0.1, 0.15) is 29.9 Å². The fourth-order valence-corrected chi connectivity index (χ4v) is 2.66. The fraction of sp³-hybridized carbons (Fsp3) is 0.450. The van der Waals surface area contributed by atoms with E-state index in [1.165, 1.54) is 31.2 Å². The summed E-state index contributed by atoms with van der Waals surface area (Å²) in [6, 6.07) is 0.686. The van der Waals surface area contributed by atoms with E-state index in [-0.39, 0.29) is 25.0 Å². The molecule has 0 aliphatic carbocycles. The van der Waals surface area contributed by atoms with Crippen molar-refractivity contribution in [1.29, 1.82) is 0 Å². The first kappa shape index (κ1) is 27.3. The number of carbonyl (C=O) groups excluding carboxylic acids is 4. The third-order valence-corrected chi connectivity index (χ3v) is 4.59. The maximum atomic E-state index is 12.6. The molecule has 13 nitrogen and oxygen atoms in total. The summed E-state index contributed by atoms with van der Waals surface area (Å²) in [6.07, 6.45) is -0.503. The highest BCUT2D eigenvalue weighted by Crippen LogP contribution is 2.11. The molecule has 33 heavy (non-hydrogen) atoms. The summed E-state index contributed by atoms with van der Waals surface area (Å²) in [5.41, 5.74) is 11.0. The molecule has 0 aromatic heterocycles. The van der Waals surface area contributed by atoms with Crippen molar-refractivity contribution in [3.05, 3.63) is 29.8 Å². The topological polar surface area (TPSA) is 234 Å². The normalized spacial score (nSPS) is 14.3. The first-order valence-corrected chi connectivity index (χ1v) is 10.0. The Labute approximate surface area is 189 Å². The molecular weight excluding hydrogens is 438 g/mol. The molecule has 1 aromatic carbocycles. The molecule has 0 aliphatic rings. The first-order valence-electron chi connectivity index (χ1n) is 10.0. The fourth-order valence-electron chi connectivity index (χ4n) is 2.66. The van der Waals surface area contributed by atoms with Crippen molar-refractivity contribution in [2.45, 2.75) is 50.4 Å². The van der Waals surface area contributed by atoms with Crippen LogP contribution in [0.2, 0.25) is 0 Å². The zero-order valence-electron chi connectivity index (χ0n) is 18.0. The van der Waals surface area contributed by atoms with Gasteiger partial charge < -0.3 is 42.7 Å². The predicted molar refractivity (Wildman–Crippen MR) is 114 cm³/mol.